The van der Waals surface area contributed by atoms with Crippen molar-refractivity contribution in [1.29, 1.82) is 0 Å². The average Bonchev–Trinajstić information content (AvgIpc) is 2.84. The standard InChI is InChI=1S/C17H19NO4S/c1-10-5-11(2)7-13(6-10)22-9-14(19)18-15-8-12(3)16(23-15)17(20)21-4/h5-8H,9H2,1-4H3,(H,18,19). The maximum Gasteiger partial charge on any atom is 0.348 e. The maximum atomic E-state index is 12.0. The number of benzene rings is 1. The minimum atomic E-state index is -0.403. The lowest BCUT2D eigenvalue weighted by Crippen LogP contribution is -2.19. The Morgan fingerprint density at radius 3 is 2.35 bits per heavy atom. The second kappa shape index (κ2) is 7.28. The number of anilines is 1. The number of thiophene rings is 1. The molecule has 0 radical (unpaired) electrons. The molecule has 1 aromatic carbocycles. The number of ether oxygens (including phenoxy) is 2. The highest BCUT2D eigenvalue weighted by atomic mass is 32.1. The van der Waals surface area contributed by atoms with Gasteiger partial charge in [0.2, 0.25) is 0 Å². The minimum Gasteiger partial charge on any atom is -0.484 e. The molecular formula is C17H19NO4S. The van der Waals surface area contributed by atoms with Crippen LogP contribution in [-0.4, -0.2) is 25.6 Å². The zero-order chi connectivity index (χ0) is 17.0. The van der Waals surface area contributed by atoms with E-state index in [1.807, 2.05) is 32.0 Å². The van der Waals surface area contributed by atoms with Crippen LogP contribution in [0.1, 0.15) is 26.4 Å². The summed E-state index contributed by atoms with van der Waals surface area (Å²) in [6.45, 7) is 5.66. The molecule has 5 nitrogen and oxygen atoms in total. The van der Waals surface area contributed by atoms with Crippen LogP contribution in [0.25, 0.3) is 0 Å². The van der Waals surface area contributed by atoms with Crippen molar-refractivity contribution in [3.8, 4) is 5.75 Å². The van der Waals surface area contributed by atoms with Crippen LogP contribution in [0.5, 0.6) is 5.75 Å². The highest BCUT2D eigenvalue weighted by Gasteiger charge is 2.15. The largest absolute Gasteiger partial charge is 0.484 e. The number of esters is 1. The van der Waals surface area contributed by atoms with Crippen LogP contribution in [0, 0.1) is 20.8 Å². The van der Waals surface area contributed by atoms with Crippen molar-refractivity contribution < 1.29 is 19.1 Å². The molecule has 0 fully saturated rings. The van der Waals surface area contributed by atoms with Crippen molar-refractivity contribution in [1.82, 2.24) is 0 Å². The Balaban J connectivity index is 1.96. The van der Waals surface area contributed by atoms with E-state index in [1.54, 1.807) is 13.0 Å². The van der Waals surface area contributed by atoms with E-state index >= 15 is 0 Å². The fourth-order valence-electron chi connectivity index (χ4n) is 2.18. The molecule has 0 saturated heterocycles. The van der Waals surface area contributed by atoms with Gasteiger partial charge in [-0.25, -0.2) is 4.79 Å². The Hall–Kier alpha value is -2.34. The molecule has 1 heterocycles. The first kappa shape index (κ1) is 17.0. The van der Waals surface area contributed by atoms with Crippen LogP contribution in [0.15, 0.2) is 24.3 Å². The molecule has 0 bridgehead atoms. The second-order valence-electron chi connectivity index (χ2n) is 5.27. The number of hydrogen-bond donors (Lipinski definition) is 1. The smallest absolute Gasteiger partial charge is 0.348 e. The summed E-state index contributed by atoms with van der Waals surface area (Å²) >= 11 is 1.19. The van der Waals surface area contributed by atoms with Gasteiger partial charge >= 0.3 is 5.97 Å². The molecule has 1 amide bonds. The summed E-state index contributed by atoms with van der Waals surface area (Å²) in [4.78, 5) is 24.0. The monoisotopic (exact) mass is 333 g/mol. The van der Waals surface area contributed by atoms with Crippen LogP contribution in [0.4, 0.5) is 5.00 Å². The lowest BCUT2D eigenvalue weighted by Gasteiger charge is -2.08. The van der Waals surface area contributed by atoms with Gasteiger partial charge in [-0.15, -0.1) is 11.3 Å². The van der Waals surface area contributed by atoms with Gasteiger partial charge in [0.05, 0.1) is 12.1 Å². The number of hydrogen-bond acceptors (Lipinski definition) is 5. The number of aryl methyl sites for hydroxylation is 3. The van der Waals surface area contributed by atoms with Crippen LogP contribution < -0.4 is 10.1 Å². The summed E-state index contributed by atoms with van der Waals surface area (Å²) in [6.07, 6.45) is 0. The Morgan fingerprint density at radius 2 is 1.74 bits per heavy atom. The van der Waals surface area contributed by atoms with E-state index < -0.39 is 5.97 Å². The first-order valence-corrected chi connectivity index (χ1v) is 7.90. The quantitative estimate of drug-likeness (QED) is 0.851. The fourth-order valence-corrected chi connectivity index (χ4v) is 3.18. The Labute approximate surface area is 139 Å². The molecule has 6 heteroatoms. The number of rotatable bonds is 5. The SMILES string of the molecule is COC(=O)c1sc(NC(=O)COc2cc(C)cc(C)c2)cc1C. The zero-order valence-corrected chi connectivity index (χ0v) is 14.4. The normalized spacial score (nSPS) is 10.3. The van der Waals surface area contributed by atoms with Gasteiger partial charge in [-0.05, 0) is 55.7 Å². The van der Waals surface area contributed by atoms with Crippen molar-refractivity contribution in [2.45, 2.75) is 20.8 Å². The average molecular weight is 333 g/mol. The van der Waals surface area contributed by atoms with E-state index in [9.17, 15) is 9.59 Å². The summed E-state index contributed by atoms with van der Waals surface area (Å²) in [7, 11) is 1.33. The van der Waals surface area contributed by atoms with Crippen LogP contribution >= 0.6 is 11.3 Å². The van der Waals surface area contributed by atoms with Crippen molar-refractivity contribution in [3.63, 3.8) is 0 Å². The Bertz CT molecular complexity index is 716. The Kier molecular flexibility index (Phi) is 5.39. The highest BCUT2D eigenvalue weighted by Crippen LogP contribution is 2.27. The predicted molar refractivity (Wildman–Crippen MR) is 90.4 cm³/mol. The van der Waals surface area contributed by atoms with Crippen molar-refractivity contribution in [3.05, 3.63) is 45.8 Å². The molecule has 0 aliphatic heterocycles. The lowest BCUT2D eigenvalue weighted by atomic mass is 10.1. The topological polar surface area (TPSA) is 64.6 Å². The number of amides is 1. The molecule has 0 atom stereocenters. The van der Waals surface area contributed by atoms with Gasteiger partial charge in [-0.1, -0.05) is 6.07 Å². The highest BCUT2D eigenvalue weighted by molar-refractivity contribution is 7.18. The van der Waals surface area contributed by atoms with Gasteiger partial charge in [0.15, 0.2) is 6.61 Å². The third-order valence-corrected chi connectivity index (χ3v) is 4.25. The molecule has 0 saturated carbocycles. The first-order valence-electron chi connectivity index (χ1n) is 7.08. The number of carbonyl (C=O) groups is 2. The minimum absolute atomic E-state index is 0.0899. The van der Waals surface area contributed by atoms with Gasteiger partial charge in [-0.2, -0.15) is 0 Å². The number of methoxy groups -OCH3 is 1. The third kappa shape index (κ3) is 4.56. The summed E-state index contributed by atoms with van der Waals surface area (Å²) in [5, 5.41) is 3.32. The molecule has 0 unspecified atom stereocenters. The van der Waals surface area contributed by atoms with E-state index in [0.29, 0.717) is 15.6 Å². The van der Waals surface area contributed by atoms with E-state index in [0.717, 1.165) is 16.7 Å². The van der Waals surface area contributed by atoms with Crippen molar-refractivity contribution in [2.24, 2.45) is 0 Å². The Morgan fingerprint density at radius 1 is 1.09 bits per heavy atom. The molecule has 2 aromatic rings. The summed E-state index contributed by atoms with van der Waals surface area (Å²) < 4.78 is 10.2. The van der Waals surface area contributed by atoms with Crippen molar-refractivity contribution >= 4 is 28.2 Å². The van der Waals surface area contributed by atoms with Crippen LogP contribution in [0.3, 0.4) is 0 Å². The summed E-state index contributed by atoms with van der Waals surface area (Å²) in [5.74, 6) is -0.0171. The number of carbonyl (C=O) groups excluding carboxylic acids is 2. The zero-order valence-electron chi connectivity index (χ0n) is 13.6. The van der Waals surface area contributed by atoms with Gasteiger partial charge in [0.1, 0.15) is 10.6 Å². The molecule has 122 valence electrons. The van der Waals surface area contributed by atoms with Gasteiger partial charge in [0.25, 0.3) is 5.91 Å². The summed E-state index contributed by atoms with van der Waals surface area (Å²) in [5.41, 5.74) is 2.93. The molecular weight excluding hydrogens is 314 g/mol. The van der Waals surface area contributed by atoms with E-state index in [2.05, 4.69) is 5.32 Å². The second-order valence-corrected chi connectivity index (χ2v) is 6.33. The van der Waals surface area contributed by atoms with Crippen LogP contribution in [0.2, 0.25) is 0 Å². The lowest BCUT2D eigenvalue weighted by molar-refractivity contribution is -0.118. The van der Waals surface area contributed by atoms with Crippen LogP contribution in [-0.2, 0) is 9.53 Å². The van der Waals surface area contributed by atoms with Gasteiger partial charge in [-0.3, -0.25) is 4.79 Å². The maximum absolute atomic E-state index is 12.0. The first-order chi connectivity index (χ1) is 10.9. The van der Waals surface area contributed by atoms with Crippen molar-refractivity contribution in [2.75, 3.05) is 19.0 Å². The number of nitrogens with one attached hydrogen (secondary N) is 1. The van der Waals surface area contributed by atoms with E-state index in [-0.39, 0.29) is 12.5 Å². The molecule has 0 aliphatic carbocycles. The van der Waals surface area contributed by atoms with Gasteiger partial charge in [0, 0.05) is 0 Å². The molecule has 1 aromatic heterocycles. The van der Waals surface area contributed by atoms with E-state index in [4.69, 9.17) is 9.47 Å². The molecule has 2 rings (SSSR count). The molecule has 0 spiro atoms. The molecule has 0 aliphatic rings. The molecule has 23 heavy (non-hydrogen) atoms. The summed E-state index contributed by atoms with van der Waals surface area (Å²) in [6, 6.07) is 7.54. The van der Waals surface area contributed by atoms with Gasteiger partial charge < -0.3 is 14.8 Å². The predicted octanol–water partition coefficient (Wildman–Crippen LogP) is 3.48. The fraction of sp³-hybridized carbons (Fsp3) is 0.294. The third-order valence-electron chi connectivity index (χ3n) is 3.12. The van der Waals surface area contributed by atoms with E-state index in [1.165, 1.54) is 18.4 Å². The molecule has 1 N–H and O–H groups in total.